The molecule has 2 aromatic heterocycles. The zero-order chi connectivity index (χ0) is 14.9. The van der Waals surface area contributed by atoms with Crippen LogP contribution in [0.4, 0.5) is 0 Å². The second kappa shape index (κ2) is 5.42. The number of hydrogen-bond donors (Lipinski definition) is 0. The zero-order valence-electron chi connectivity index (χ0n) is 12.2. The average molecular weight is 295 g/mol. The molecule has 3 heterocycles. The Morgan fingerprint density at radius 3 is 3.00 bits per heavy atom. The van der Waals surface area contributed by atoms with Crippen LogP contribution in [0.15, 0.2) is 58.0 Å². The lowest BCUT2D eigenvalue weighted by atomic mass is 10.1. The molecule has 1 aromatic carbocycles. The average Bonchev–Trinajstić information content (AvgIpc) is 3.14. The Morgan fingerprint density at radius 2 is 2.14 bits per heavy atom. The van der Waals surface area contributed by atoms with Crippen molar-refractivity contribution in [1.82, 2.24) is 14.5 Å². The minimum Gasteiger partial charge on any atom is -0.408 e. The summed E-state index contributed by atoms with van der Waals surface area (Å²) in [6, 6.07) is 11.9. The summed E-state index contributed by atoms with van der Waals surface area (Å²) in [7, 11) is 0. The minimum atomic E-state index is -0.293. The molecule has 1 aliphatic rings. The van der Waals surface area contributed by atoms with Crippen molar-refractivity contribution in [2.75, 3.05) is 6.54 Å². The van der Waals surface area contributed by atoms with Crippen LogP contribution < -0.4 is 5.76 Å². The van der Waals surface area contributed by atoms with Gasteiger partial charge in [0, 0.05) is 25.0 Å². The molecule has 0 bridgehead atoms. The van der Waals surface area contributed by atoms with Gasteiger partial charge in [0.2, 0.25) is 0 Å². The molecule has 1 atom stereocenters. The molecule has 1 saturated heterocycles. The number of hydrogen-bond acceptors (Lipinski definition) is 4. The molecule has 0 N–H and O–H groups in total. The number of likely N-dealkylation sites (tertiary alicyclic amines) is 1. The summed E-state index contributed by atoms with van der Waals surface area (Å²) in [4.78, 5) is 18.7. The van der Waals surface area contributed by atoms with Crippen LogP contribution in [-0.4, -0.2) is 21.0 Å². The van der Waals surface area contributed by atoms with Crippen molar-refractivity contribution in [2.45, 2.75) is 25.6 Å². The maximum atomic E-state index is 12.1. The molecular formula is C17H17N3O2. The summed E-state index contributed by atoms with van der Waals surface area (Å²) in [6.45, 7) is 1.53. The Hall–Kier alpha value is -2.40. The van der Waals surface area contributed by atoms with E-state index < -0.39 is 0 Å². The highest BCUT2D eigenvalue weighted by atomic mass is 16.4. The topological polar surface area (TPSA) is 51.3 Å². The maximum absolute atomic E-state index is 12.1. The van der Waals surface area contributed by atoms with Crippen molar-refractivity contribution in [2.24, 2.45) is 0 Å². The molecule has 0 radical (unpaired) electrons. The number of aromatic nitrogens is 2. The Bertz CT molecular complexity index is 838. The number of pyridine rings is 1. The third-order valence-electron chi connectivity index (χ3n) is 4.33. The van der Waals surface area contributed by atoms with E-state index >= 15 is 0 Å². The highest BCUT2D eigenvalue weighted by molar-refractivity contribution is 5.72. The SMILES string of the molecule is O=c1oc2ccccc2n1CN1CCC[C@@H]1c1cccnc1. The van der Waals surface area contributed by atoms with Crippen LogP contribution in [0.25, 0.3) is 11.1 Å². The largest absolute Gasteiger partial charge is 0.421 e. The van der Waals surface area contributed by atoms with Crippen LogP contribution in [0.5, 0.6) is 0 Å². The molecular weight excluding hydrogens is 278 g/mol. The van der Waals surface area contributed by atoms with E-state index in [4.69, 9.17) is 4.42 Å². The number of para-hydroxylation sites is 2. The molecule has 5 heteroatoms. The van der Waals surface area contributed by atoms with Crippen LogP contribution in [0.1, 0.15) is 24.4 Å². The fourth-order valence-corrected chi connectivity index (χ4v) is 3.28. The van der Waals surface area contributed by atoms with Gasteiger partial charge in [0.25, 0.3) is 0 Å². The molecule has 112 valence electrons. The molecule has 22 heavy (non-hydrogen) atoms. The lowest BCUT2D eigenvalue weighted by molar-refractivity contribution is 0.198. The maximum Gasteiger partial charge on any atom is 0.421 e. The van der Waals surface area contributed by atoms with Gasteiger partial charge in [0.05, 0.1) is 12.2 Å². The third-order valence-corrected chi connectivity index (χ3v) is 4.33. The van der Waals surface area contributed by atoms with E-state index in [2.05, 4.69) is 16.0 Å². The quantitative estimate of drug-likeness (QED) is 0.745. The van der Waals surface area contributed by atoms with Crippen LogP contribution >= 0.6 is 0 Å². The number of nitrogens with zero attached hydrogens (tertiary/aromatic N) is 3. The third kappa shape index (κ3) is 2.23. The van der Waals surface area contributed by atoms with Crippen molar-refractivity contribution in [3.63, 3.8) is 0 Å². The molecule has 3 aromatic rings. The van der Waals surface area contributed by atoms with Crippen molar-refractivity contribution in [3.05, 3.63) is 64.9 Å². The standard InChI is InChI=1S/C17H17N3O2/c21-17-20(15-6-1-2-8-16(15)22-17)12-19-10-4-7-14(19)13-5-3-9-18-11-13/h1-3,5-6,8-9,11,14H,4,7,10,12H2/t14-/m1/s1. The van der Waals surface area contributed by atoms with Gasteiger partial charge in [-0.2, -0.15) is 0 Å². The Morgan fingerprint density at radius 1 is 1.23 bits per heavy atom. The predicted molar refractivity (Wildman–Crippen MR) is 83.4 cm³/mol. The summed E-state index contributed by atoms with van der Waals surface area (Å²) in [5, 5.41) is 0. The molecule has 5 nitrogen and oxygen atoms in total. The number of benzene rings is 1. The summed E-state index contributed by atoms with van der Waals surface area (Å²) < 4.78 is 7.03. The smallest absolute Gasteiger partial charge is 0.408 e. The fraction of sp³-hybridized carbons (Fsp3) is 0.294. The first-order valence-electron chi connectivity index (χ1n) is 7.55. The van der Waals surface area contributed by atoms with E-state index in [1.54, 1.807) is 10.8 Å². The first kappa shape index (κ1) is 13.3. The molecule has 0 spiro atoms. The second-order valence-electron chi connectivity index (χ2n) is 5.66. The summed E-state index contributed by atoms with van der Waals surface area (Å²) in [5.74, 6) is -0.293. The van der Waals surface area contributed by atoms with Crippen LogP contribution in [0.3, 0.4) is 0 Å². The predicted octanol–water partition coefficient (Wildman–Crippen LogP) is 2.78. The molecule has 0 unspecified atom stereocenters. The van der Waals surface area contributed by atoms with E-state index in [1.807, 2.05) is 36.5 Å². The highest BCUT2D eigenvalue weighted by Crippen LogP contribution is 2.31. The molecule has 1 aliphatic heterocycles. The second-order valence-corrected chi connectivity index (χ2v) is 5.66. The number of fused-ring (bicyclic) bond motifs is 1. The normalized spacial score (nSPS) is 19.0. The summed E-state index contributed by atoms with van der Waals surface area (Å²) in [5.41, 5.74) is 2.70. The van der Waals surface area contributed by atoms with Gasteiger partial charge >= 0.3 is 5.76 Å². The van der Waals surface area contributed by atoms with Crippen molar-refractivity contribution >= 4 is 11.1 Å². The summed E-state index contributed by atoms with van der Waals surface area (Å²) in [6.07, 6.45) is 5.93. The minimum absolute atomic E-state index is 0.293. The van der Waals surface area contributed by atoms with Crippen LogP contribution in [0.2, 0.25) is 0 Å². The Kier molecular flexibility index (Phi) is 3.27. The van der Waals surface area contributed by atoms with Gasteiger partial charge in [0.1, 0.15) is 0 Å². The number of rotatable bonds is 3. The fourth-order valence-electron chi connectivity index (χ4n) is 3.28. The van der Waals surface area contributed by atoms with Crippen molar-refractivity contribution in [1.29, 1.82) is 0 Å². The van der Waals surface area contributed by atoms with Crippen LogP contribution in [-0.2, 0) is 6.67 Å². The molecule has 0 aliphatic carbocycles. The Labute approximate surface area is 127 Å². The van der Waals surface area contributed by atoms with E-state index in [1.165, 1.54) is 5.56 Å². The van der Waals surface area contributed by atoms with Gasteiger partial charge in [-0.25, -0.2) is 4.79 Å². The number of oxazole rings is 1. The summed E-state index contributed by atoms with van der Waals surface area (Å²) >= 11 is 0. The Balaban J connectivity index is 1.67. The van der Waals surface area contributed by atoms with Crippen LogP contribution in [0, 0.1) is 0 Å². The molecule has 4 rings (SSSR count). The molecule has 0 saturated carbocycles. The first-order chi connectivity index (χ1) is 10.8. The first-order valence-corrected chi connectivity index (χ1v) is 7.55. The van der Waals surface area contributed by atoms with Crippen molar-refractivity contribution < 1.29 is 4.42 Å². The lowest BCUT2D eigenvalue weighted by Crippen LogP contribution is -2.30. The van der Waals surface area contributed by atoms with Gasteiger partial charge in [-0.1, -0.05) is 18.2 Å². The van der Waals surface area contributed by atoms with E-state index in [0.717, 1.165) is 24.9 Å². The van der Waals surface area contributed by atoms with E-state index in [-0.39, 0.29) is 5.76 Å². The van der Waals surface area contributed by atoms with Gasteiger partial charge < -0.3 is 4.42 Å². The van der Waals surface area contributed by atoms with Gasteiger partial charge in [-0.15, -0.1) is 0 Å². The highest BCUT2D eigenvalue weighted by Gasteiger charge is 2.27. The van der Waals surface area contributed by atoms with Gasteiger partial charge in [0.15, 0.2) is 5.58 Å². The van der Waals surface area contributed by atoms with E-state index in [0.29, 0.717) is 18.3 Å². The monoisotopic (exact) mass is 295 g/mol. The zero-order valence-corrected chi connectivity index (χ0v) is 12.2. The van der Waals surface area contributed by atoms with Crippen molar-refractivity contribution in [3.8, 4) is 0 Å². The lowest BCUT2D eigenvalue weighted by Gasteiger charge is -2.24. The van der Waals surface area contributed by atoms with E-state index in [9.17, 15) is 4.79 Å². The molecule has 0 amide bonds. The van der Waals surface area contributed by atoms with Gasteiger partial charge in [-0.05, 0) is 36.6 Å². The van der Waals surface area contributed by atoms with Gasteiger partial charge in [-0.3, -0.25) is 14.5 Å². The molecule has 1 fully saturated rings.